The van der Waals surface area contributed by atoms with E-state index in [1.165, 1.54) is 6.26 Å². The second kappa shape index (κ2) is 2.66. The Kier molecular flexibility index (Phi) is 1.87. The maximum Gasteiger partial charge on any atom is 0.214 e. The molecule has 10 heavy (non-hydrogen) atoms. The molecule has 1 aromatic rings. The summed E-state index contributed by atoms with van der Waals surface area (Å²) in [5.74, 6) is -0.00694. The Morgan fingerprint density at radius 3 is 2.90 bits per heavy atom. The largest absolute Gasteiger partial charge is 0.461 e. The smallest absolute Gasteiger partial charge is 0.214 e. The average Bonchev–Trinajstić information content (AvgIpc) is 2.36. The standard InChI is InChI=1S/C7H8NO2/c1-5(8)7(9)6-3-2-4-10-6/h2-5H,1,8H2. The highest BCUT2D eigenvalue weighted by atomic mass is 16.3. The highest BCUT2D eigenvalue weighted by molar-refractivity contribution is 5.97. The molecule has 1 radical (unpaired) electrons. The van der Waals surface area contributed by atoms with Gasteiger partial charge in [-0.2, -0.15) is 0 Å². The van der Waals surface area contributed by atoms with E-state index < -0.39 is 6.04 Å². The molecule has 3 nitrogen and oxygen atoms in total. The lowest BCUT2D eigenvalue weighted by molar-refractivity contribution is 0.0950. The third-order valence-electron chi connectivity index (χ3n) is 1.10. The maximum atomic E-state index is 10.9. The number of hydrogen-bond donors (Lipinski definition) is 1. The van der Waals surface area contributed by atoms with Gasteiger partial charge in [0.05, 0.1) is 12.3 Å². The molecule has 0 amide bonds. The Balaban J connectivity index is 2.78. The van der Waals surface area contributed by atoms with E-state index in [4.69, 9.17) is 10.2 Å². The van der Waals surface area contributed by atoms with Crippen molar-refractivity contribution in [3.8, 4) is 0 Å². The summed E-state index contributed by atoms with van der Waals surface area (Å²) in [5.41, 5.74) is 5.21. The van der Waals surface area contributed by atoms with Crippen LogP contribution in [-0.2, 0) is 0 Å². The molecule has 0 saturated heterocycles. The van der Waals surface area contributed by atoms with Crippen LogP contribution in [0.4, 0.5) is 0 Å². The minimum atomic E-state index is -0.730. The van der Waals surface area contributed by atoms with E-state index in [1.54, 1.807) is 12.1 Å². The molecule has 0 aliphatic rings. The fourth-order valence-electron chi connectivity index (χ4n) is 0.601. The van der Waals surface area contributed by atoms with Crippen LogP contribution in [0.15, 0.2) is 22.8 Å². The van der Waals surface area contributed by atoms with Crippen molar-refractivity contribution in [3.05, 3.63) is 31.1 Å². The Bertz CT molecular complexity index is 214. The summed E-state index contributed by atoms with van der Waals surface area (Å²) >= 11 is 0. The normalized spacial score (nSPS) is 13.0. The van der Waals surface area contributed by atoms with E-state index in [9.17, 15) is 4.79 Å². The first kappa shape index (κ1) is 7.02. The number of Topliss-reactive ketones (excluding diaryl/α,β-unsaturated/α-hetero) is 1. The van der Waals surface area contributed by atoms with Crippen molar-refractivity contribution < 1.29 is 9.21 Å². The highest BCUT2D eigenvalue weighted by Gasteiger charge is 2.12. The Morgan fingerprint density at radius 1 is 1.80 bits per heavy atom. The Morgan fingerprint density at radius 2 is 2.50 bits per heavy atom. The molecule has 2 N–H and O–H groups in total. The lowest BCUT2D eigenvalue weighted by atomic mass is 10.2. The number of carbonyl (C=O) groups excluding carboxylic acids is 1. The summed E-state index contributed by atoms with van der Waals surface area (Å²) in [5, 5.41) is 0. The minimum Gasteiger partial charge on any atom is -0.461 e. The van der Waals surface area contributed by atoms with Crippen LogP contribution in [0.2, 0.25) is 0 Å². The number of nitrogens with two attached hydrogens (primary N) is 1. The van der Waals surface area contributed by atoms with Crippen LogP contribution in [0.25, 0.3) is 0 Å². The zero-order chi connectivity index (χ0) is 7.56. The van der Waals surface area contributed by atoms with Crippen LogP contribution in [-0.4, -0.2) is 11.8 Å². The van der Waals surface area contributed by atoms with Crippen molar-refractivity contribution in [3.63, 3.8) is 0 Å². The molecule has 0 saturated carbocycles. The number of furan rings is 1. The van der Waals surface area contributed by atoms with Gasteiger partial charge in [-0.05, 0) is 19.1 Å². The van der Waals surface area contributed by atoms with Crippen molar-refractivity contribution in [2.24, 2.45) is 5.73 Å². The lowest BCUT2D eigenvalue weighted by Crippen LogP contribution is -2.26. The molecule has 0 bridgehead atoms. The zero-order valence-corrected chi connectivity index (χ0v) is 5.41. The van der Waals surface area contributed by atoms with Gasteiger partial charge in [0.2, 0.25) is 5.78 Å². The third-order valence-corrected chi connectivity index (χ3v) is 1.10. The molecule has 0 aliphatic heterocycles. The summed E-state index contributed by atoms with van der Waals surface area (Å²) in [7, 11) is 0. The van der Waals surface area contributed by atoms with E-state index in [0.717, 1.165) is 0 Å². The summed E-state index contributed by atoms with van der Waals surface area (Å²) < 4.78 is 4.79. The van der Waals surface area contributed by atoms with Gasteiger partial charge in [0.15, 0.2) is 5.76 Å². The van der Waals surface area contributed by atoms with Gasteiger partial charge < -0.3 is 10.2 Å². The highest BCUT2D eigenvalue weighted by Crippen LogP contribution is 2.02. The molecule has 1 atom stereocenters. The SMILES string of the molecule is [CH2]C(N)C(=O)c1ccco1. The molecular weight excluding hydrogens is 130 g/mol. The topological polar surface area (TPSA) is 56.2 Å². The van der Waals surface area contributed by atoms with Gasteiger partial charge in [0, 0.05) is 0 Å². The van der Waals surface area contributed by atoms with Crippen LogP contribution in [0.5, 0.6) is 0 Å². The van der Waals surface area contributed by atoms with Gasteiger partial charge >= 0.3 is 0 Å². The third kappa shape index (κ3) is 1.25. The summed E-state index contributed by atoms with van der Waals surface area (Å²) in [4.78, 5) is 10.9. The van der Waals surface area contributed by atoms with Crippen molar-refractivity contribution in [1.82, 2.24) is 0 Å². The van der Waals surface area contributed by atoms with Crippen LogP contribution in [0.3, 0.4) is 0 Å². The van der Waals surface area contributed by atoms with Gasteiger partial charge in [0.25, 0.3) is 0 Å². The van der Waals surface area contributed by atoms with Crippen molar-refractivity contribution in [1.29, 1.82) is 0 Å². The molecule has 0 spiro atoms. The molecule has 1 heterocycles. The zero-order valence-electron chi connectivity index (χ0n) is 5.41. The predicted molar refractivity (Wildman–Crippen MR) is 36.4 cm³/mol. The maximum absolute atomic E-state index is 10.9. The molecule has 0 fully saturated rings. The summed E-state index contributed by atoms with van der Waals surface area (Å²) in [6.45, 7) is 3.36. The van der Waals surface area contributed by atoms with E-state index in [0.29, 0.717) is 0 Å². The quantitative estimate of drug-likeness (QED) is 0.609. The van der Waals surface area contributed by atoms with E-state index in [-0.39, 0.29) is 11.5 Å². The average molecular weight is 138 g/mol. The minimum absolute atomic E-state index is 0.266. The van der Waals surface area contributed by atoms with Crippen molar-refractivity contribution in [2.75, 3.05) is 0 Å². The van der Waals surface area contributed by atoms with Gasteiger partial charge in [-0.3, -0.25) is 4.79 Å². The molecule has 3 heteroatoms. The van der Waals surface area contributed by atoms with Crippen molar-refractivity contribution >= 4 is 5.78 Å². The molecule has 0 aliphatic carbocycles. The van der Waals surface area contributed by atoms with E-state index in [1.807, 2.05) is 0 Å². The van der Waals surface area contributed by atoms with E-state index in [2.05, 4.69) is 6.92 Å². The Hall–Kier alpha value is -1.09. The van der Waals surface area contributed by atoms with Crippen LogP contribution < -0.4 is 5.73 Å². The monoisotopic (exact) mass is 138 g/mol. The van der Waals surface area contributed by atoms with Crippen LogP contribution in [0, 0.1) is 6.92 Å². The van der Waals surface area contributed by atoms with Gasteiger partial charge in [0.1, 0.15) is 0 Å². The fraction of sp³-hybridized carbons (Fsp3) is 0.143. The second-order valence-electron chi connectivity index (χ2n) is 1.95. The molecule has 53 valence electrons. The van der Waals surface area contributed by atoms with Crippen LogP contribution >= 0.6 is 0 Å². The first-order valence-electron chi connectivity index (χ1n) is 2.88. The lowest BCUT2D eigenvalue weighted by Gasteiger charge is -1.97. The molecule has 0 aromatic carbocycles. The summed E-state index contributed by atoms with van der Waals surface area (Å²) in [6, 6.07) is 2.47. The van der Waals surface area contributed by atoms with Gasteiger partial charge in [-0.15, -0.1) is 0 Å². The number of ketones is 1. The second-order valence-corrected chi connectivity index (χ2v) is 1.95. The van der Waals surface area contributed by atoms with Gasteiger partial charge in [-0.1, -0.05) is 0 Å². The Labute approximate surface area is 58.8 Å². The first-order chi connectivity index (χ1) is 4.72. The summed E-state index contributed by atoms with van der Waals surface area (Å²) in [6.07, 6.45) is 1.43. The van der Waals surface area contributed by atoms with Crippen molar-refractivity contribution in [2.45, 2.75) is 6.04 Å². The predicted octanol–water partition coefficient (Wildman–Crippen LogP) is 0.624. The molecule has 1 unspecified atom stereocenters. The fourth-order valence-corrected chi connectivity index (χ4v) is 0.601. The van der Waals surface area contributed by atoms with Gasteiger partial charge in [-0.25, -0.2) is 0 Å². The molecule has 1 rings (SSSR count). The number of rotatable bonds is 2. The molecular formula is C7H8NO2. The van der Waals surface area contributed by atoms with Crippen LogP contribution in [0.1, 0.15) is 10.6 Å². The molecule has 1 aromatic heterocycles. The number of carbonyl (C=O) groups is 1. The number of hydrogen-bond acceptors (Lipinski definition) is 3. The van der Waals surface area contributed by atoms with E-state index >= 15 is 0 Å². The first-order valence-corrected chi connectivity index (χ1v) is 2.88.